The summed E-state index contributed by atoms with van der Waals surface area (Å²) in [6.45, 7) is 2.17. The number of nitrogens with one attached hydrogen (secondary N) is 1. The number of fused-ring (bicyclic) bond motifs is 2. The highest BCUT2D eigenvalue weighted by Crippen LogP contribution is 2.42. The van der Waals surface area contributed by atoms with Gasteiger partial charge in [-0.25, -0.2) is 0 Å². The summed E-state index contributed by atoms with van der Waals surface area (Å²) in [5, 5.41) is 2.26. The average Bonchev–Trinajstić information content (AvgIpc) is 2.83. The topological polar surface area (TPSA) is 41.3 Å². The van der Waals surface area contributed by atoms with Gasteiger partial charge >= 0.3 is 0 Å². The van der Waals surface area contributed by atoms with E-state index >= 15 is 0 Å². The molecule has 2 saturated heterocycles. The molecule has 0 radical (unpaired) electrons. The van der Waals surface area contributed by atoms with Gasteiger partial charge in [0, 0.05) is 23.0 Å². The van der Waals surface area contributed by atoms with Crippen LogP contribution in [0.4, 0.5) is 0 Å². The molecule has 3 atom stereocenters. The highest BCUT2D eigenvalue weighted by Gasteiger charge is 2.41. The van der Waals surface area contributed by atoms with E-state index in [-0.39, 0.29) is 0 Å². The molecule has 0 aliphatic carbocycles. The molecule has 18 heavy (non-hydrogen) atoms. The van der Waals surface area contributed by atoms with Gasteiger partial charge in [-0.2, -0.15) is 0 Å². The predicted octanol–water partition coefficient (Wildman–Crippen LogP) is 2.43. The number of nitrogens with two attached hydrogens (primary N) is 1. The predicted molar refractivity (Wildman–Crippen MR) is 76.4 cm³/mol. The van der Waals surface area contributed by atoms with E-state index in [2.05, 4.69) is 35.7 Å². The Labute approximate surface area is 113 Å². The van der Waals surface area contributed by atoms with Crippen LogP contribution in [0.3, 0.4) is 0 Å². The molecule has 0 saturated carbocycles. The van der Waals surface area contributed by atoms with Crippen molar-refractivity contribution in [3.05, 3.63) is 21.9 Å². The van der Waals surface area contributed by atoms with Gasteiger partial charge in [0.15, 0.2) is 0 Å². The first-order valence-electron chi connectivity index (χ1n) is 6.92. The fourth-order valence-electron chi connectivity index (χ4n) is 3.86. The molecule has 3 nitrogen and oxygen atoms in total. The van der Waals surface area contributed by atoms with E-state index in [1.165, 1.54) is 36.1 Å². The van der Waals surface area contributed by atoms with Crippen molar-refractivity contribution in [2.75, 3.05) is 7.05 Å². The maximum atomic E-state index is 5.83. The van der Waals surface area contributed by atoms with Crippen molar-refractivity contribution in [1.29, 1.82) is 0 Å². The van der Waals surface area contributed by atoms with Gasteiger partial charge in [0.2, 0.25) is 0 Å². The third kappa shape index (κ3) is 2.11. The van der Waals surface area contributed by atoms with Crippen molar-refractivity contribution in [3.8, 4) is 0 Å². The second-order valence-electron chi connectivity index (χ2n) is 5.92. The zero-order valence-corrected chi connectivity index (χ0v) is 12.0. The molecular weight excluding hydrogens is 242 g/mol. The molecule has 3 unspecified atom stereocenters. The molecule has 3 heterocycles. The van der Waals surface area contributed by atoms with Gasteiger partial charge < -0.3 is 4.90 Å². The summed E-state index contributed by atoms with van der Waals surface area (Å²) >= 11 is 1.82. The fourth-order valence-corrected chi connectivity index (χ4v) is 4.60. The van der Waals surface area contributed by atoms with Crippen LogP contribution in [0.1, 0.15) is 42.2 Å². The highest BCUT2D eigenvalue weighted by atomic mass is 32.1. The van der Waals surface area contributed by atoms with Crippen LogP contribution in [-0.4, -0.2) is 24.0 Å². The van der Waals surface area contributed by atoms with E-state index in [0.717, 1.165) is 12.1 Å². The third-order valence-corrected chi connectivity index (χ3v) is 5.78. The number of piperidine rings is 1. The lowest BCUT2D eigenvalue weighted by molar-refractivity contribution is 0.112. The largest absolute Gasteiger partial charge is 0.300 e. The number of rotatable bonds is 3. The van der Waals surface area contributed by atoms with Gasteiger partial charge in [-0.1, -0.05) is 0 Å². The Morgan fingerprint density at radius 2 is 2.06 bits per heavy atom. The van der Waals surface area contributed by atoms with Gasteiger partial charge in [-0.15, -0.1) is 11.3 Å². The summed E-state index contributed by atoms with van der Waals surface area (Å²) in [7, 11) is 2.29. The molecule has 0 amide bonds. The molecule has 4 heteroatoms. The van der Waals surface area contributed by atoms with Gasteiger partial charge in [0.05, 0.1) is 0 Å². The number of nitrogens with zero attached hydrogens (tertiary/aromatic N) is 1. The smallest absolute Gasteiger partial charge is 0.0497 e. The van der Waals surface area contributed by atoms with Crippen LogP contribution in [0.2, 0.25) is 0 Å². The van der Waals surface area contributed by atoms with Crippen molar-refractivity contribution >= 4 is 11.3 Å². The summed E-state index contributed by atoms with van der Waals surface area (Å²) < 4.78 is 0. The quantitative estimate of drug-likeness (QED) is 0.651. The zero-order valence-electron chi connectivity index (χ0n) is 11.2. The molecular formula is C14H23N3S. The number of hydrogen-bond acceptors (Lipinski definition) is 4. The zero-order chi connectivity index (χ0) is 12.7. The molecule has 2 aliphatic rings. The minimum atomic E-state index is 0.340. The lowest BCUT2D eigenvalue weighted by atomic mass is 9.83. The van der Waals surface area contributed by atoms with Crippen LogP contribution in [0, 0.1) is 12.8 Å². The maximum absolute atomic E-state index is 5.83. The number of hydrogen-bond donors (Lipinski definition) is 2. The van der Waals surface area contributed by atoms with Crippen molar-refractivity contribution in [2.24, 2.45) is 11.8 Å². The van der Waals surface area contributed by atoms with Gasteiger partial charge in [0.25, 0.3) is 0 Å². The minimum absolute atomic E-state index is 0.340. The lowest BCUT2D eigenvalue weighted by Crippen LogP contribution is -2.44. The lowest BCUT2D eigenvalue weighted by Gasteiger charge is -2.39. The van der Waals surface area contributed by atoms with Crippen LogP contribution in [-0.2, 0) is 0 Å². The van der Waals surface area contributed by atoms with E-state index in [9.17, 15) is 0 Å². The van der Waals surface area contributed by atoms with Gasteiger partial charge in [-0.3, -0.25) is 11.3 Å². The Balaban J connectivity index is 1.77. The van der Waals surface area contributed by atoms with E-state index < -0.39 is 0 Å². The molecule has 0 aromatic carbocycles. The van der Waals surface area contributed by atoms with E-state index in [0.29, 0.717) is 12.0 Å². The van der Waals surface area contributed by atoms with Crippen LogP contribution < -0.4 is 11.3 Å². The maximum Gasteiger partial charge on any atom is 0.0497 e. The Morgan fingerprint density at radius 3 is 2.56 bits per heavy atom. The molecule has 2 fully saturated rings. The Kier molecular flexibility index (Phi) is 3.45. The Morgan fingerprint density at radius 1 is 1.39 bits per heavy atom. The number of thiophene rings is 1. The van der Waals surface area contributed by atoms with E-state index in [1.54, 1.807) is 0 Å². The monoisotopic (exact) mass is 265 g/mol. The molecule has 2 bridgehead atoms. The molecule has 100 valence electrons. The van der Waals surface area contributed by atoms with Gasteiger partial charge in [-0.05, 0) is 62.6 Å². The minimum Gasteiger partial charge on any atom is -0.300 e. The fraction of sp³-hybridized carbons (Fsp3) is 0.714. The van der Waals surface area contributed by atoms with Crippen molar-refractivity contribution in [2.45, 2.75) is 50.7 Å². The molecule has 0 spiro atoms. The Hall–Kier alpha value is -0.420. The SMILES string of the molecule is Cc1cc(C(NN)C2CC3CCC(C2)N3C)cs1. The first-order chi connectivity index (χ1) is 8.69. The second-order valence-corrected chi connectivity index (χ2v) is 7.03. The molecule has 1 aromatic rings. The first-order valence-corrected chi connectivity index (χ1v) is 7.80. The van der Waals surface area contributed by atoms with Crippen molar-refractivity contribution in [3.63, 3.8) is 0 Å². The third-order valence-electron chi connectivity index (χ3n) is 4.90. The van der Waals surface area contributed by atoms with Crippen molar-refractivity contribution in [1.82, 2.24) is 10.3 Å². The molecule has 1 aromatic heterocycles. The van der Waals surface area contributed by atoms with E-state index in [1.807, 2.05) is 11.3 Å². The number of hydrazine groups is 1. The average molecular weight is 265 g/mol. The van der Waals surface area contributed by atoms with Crippen LogP contribution in [0.15, 0.2) is 11.4 Å². The molecule has 3 N–H and O–H groups in total. The van der Waals surface area contributed by atoms with Crippen LogP contribution in [0.25, 0.3) is 0 Å². The summed E-state index contributed by atoms with van der Waals surface area (Å²) in [5.41, 5.74) is 4.46. The normalized spacial score (nSPS) is 33.8. The molecule has 2 aliphatic heterocycles. The summed E-state index contributed by atoms with van der Waals surface area (Å²) in [6.07, 6.45) is 5.32. The Bertz CT molecular complexity index is 403. The summed E-state index contributed by atoms with van der Waals surface area (Å²) in [5.74, 6) is 6.52. The summed E-state index contributed by atoms with van der Waals surface area (Å²) in [6, 6.07) is 4.19. The number of aryl methyl sites for hydroxylation is 1. The van der Waals surface area contributed by atoms with E-state index in [4.69, 9.17) is 5.84 Å². The van der Waals surface area contributed by atoms with Crippen LogP contribution >= 0.6 is 11.3 Å². The van der Waals surface area contributed by atoms with Crippen molar-refractivity contribution < 1.29 is 0 Å². The van der Waals surface area contributed by atoms with Gasteiger partial charge in [0.1, 0.15) is 0 Å². The molecule has 3 rings (SSSR count). The standard InChI is InChI=1S/C14H23N3S/c1-9-5-11(8-18-9)14(16-15)10-6-12-3-4-13(7-10)17(12)2/h5,8,10,12-14,16H,3-4,6-7,15H2,1-2H3. The first kappa shape index (κ1) is 12.6. The van der Waals surface area contributed by atoms with Crippen LogP contribution in [0.5, 0.6) is 0 Å². The highest BCUT2D eigenvalue weighted by molar-refractivity contribution is 7.10. The summed E-state index contributed by atoms with van der Waals surface area (Å²) in [4.78, 5) is 3.96. The second kappa shape index (κ2) is 4.93.